The van der Waals surface area contributed by atoms with Gasteiger partial charge < -0.3 is 15.6 Å². The minimum absolute atomic E-state index is 0.0679. The molecule has 0 aliphatic heterocycles. The summed E-state index contributed by atoms with van der Waals surface area (Å²) >= 11 is 2.52. The van der Waals surface area contributed by atoms with Gasteiger partial charge in [-0.05, 0) is 36.4 Å². The van der Waals surface area contributed by atoms with E-state index in [0.717, 1.165) is 24.6 Å². The second kappa shape index (κ2) is 7.53. The smallest absolute Gasteiger partial charge is 0.260 e. The van der Waals surface area contributed by atoms with Gasteiger partial charge in [0.2, 0.25) is 5.91 Å². The average Bonchev–Trinajstić information content (AvgIpc) is 3.33. The summed E-state index contributed by atoms with van der Waals surface area (Å²) in [5.41, 5.74) is 0.692. The number of carbonyl (C=O) groups is 2. The molecule has 1 aliphatic carbocycles. The van der Waals surface area contributed by atoms with Crippen molar-refractivity contribution in [1.29, 1.82) is 0 Å². The van der Waals surface area contributed by atoms with E-state index in [0.29, 0.717) is 26.6 Å². The SMILES string of the molecule is O=C(CSc1nc2sccc2c(=O)[nH]1)Nc1ccccc1C(=O)NC1CC1. The van der Waals surface area contributed by atoms with Crippen LogP contribution in [0.4, 0.5) is 5.69 Å². The normalized spacial score (nSPS) is 13.5. The quantitative estimate of drug-likeness (QED) is 0.436. The number of hydrogen-bond acceptors (Lipinski definition) is 6. The highest BCUT2D eigenvalue weighted by molar-refractivity contribution is 7.99. The maximum absolute atomic E-state index is 12.3. The molecule has 0 spiro atoms. The molecule has 0 saturated heterocycles. The first kappa shape index (κ1) is 17.7. The molecule has 2 heterocycles. The average molecular weight is 400 g/mol. The number of H-pyrrole nitrogens is 1. The first-order valence-corrected chi connectivity index (χ1v) is 10.3. The van der Waals surface area contributed by atoms with Gasteiger partial charge in [-0.25, -0.2) is 4.98 Å². The molecule has 0 unspecified atom stereocenters. The van der Waals surface area contributed by atoms with Crippen molar-refractivity contribution in [1.82, 2.24) is 15.3 Å². The van der Waals surface area contributed by atoms with Crippen molar-refractivity contribution in [2.24, 2.45) is 0 Å². The van der Waals surface area contributed by atoms with Crippen LogP contribution in [0.25, 0.3) is 10.2 Å². The molecule has 4 rings (SSSR count). The van der Waals surface area contributed by atoms with Crippen LogP contribution in [0.15, 0.2) is 45.7 Å². The zero-order valence-corrected chi connectivity index (χ0v) is 15.8. The predicted molar refractivity (Wildman–Crippen MR) is 107 cm³/mol. The van der Waals surface area contributed by atoms with E-state index < -0.39 is 0 Å². The second-order valence-electron chi connectivity index (χ2n) is 6.14. The van der Waals surface area contributed by atoms with Crippen LogP contribution < -0.4 is 16.2 Å². The number of aromatic amines is 1. The fraction of sp³-hybridized carbons (Fsp3) is 0.222. The minimum atomic E-state index is -0.277. The summed E-state index contributed by atoms with van der Waals surface area (Å²) in [5, 5.41) is 8.43. The third-order valence-electron chi connectivity index (χ3n) is 4.01. The van der Waals surface area contributed by atoms with Crippen molar-refractivity contribution in [3.63, 3.8) is 0 Å². The molecule has 1 fully saturated rings. The molecule has 1 aromatic carbocycles. The molecule has 2 aromatic heterocycles. The topological polar surface area (TPSA) is 104 Å². The largest absolute Gasteiger partial charge is 0.349 e. The molecule has 1 saturated carbocycles. The Morgan fingerprint density at radius 2 is 2.07 bits per heavy atom. The van der Waals surface area contributed by atoms with E-state index in [4.69, 9.17) is 0 Å². The number of amides is 2. The third-order valence-corrected chi connectivity index (χ3v) is 5.69. The number of carbonyl (C=O) groups excluding carboxylic acids is 2. The highest BCUT2D eigenvalue weighted by Crippen LogP contribution is 2.22. The summed E-state index contributed by atoms with van der Waals surface area (Å²) in [6.45, 7) is 0. The van der Waals surface area contributed by atoms with Crippen LogP contribution in [0.1, 0.15) is 23.2 Å². The second-order valence-corrected chi connectivity index (χ2v) is 8.00. The first-order valence-electron chi connectivity index (χ1n) is 8.40. The molecule has 2 amide bonds. The minimum Gasteiger partial charge on any atom is -0.349 e. The molecule has 27 heavy (non-hydrogen) atoms. The molecule has 9 heteroatoms. The van der Waals surface area contributed by atoms with Crippen molar-refractivity contribution < 1.29 is 9.59 Å². The van der Waals surface area contributed by atoms with Crippen LogP contribution in [0.3, 0.4) is 0 Å². The Morgan fingerprint density at radius 3 is 2.89 bits per heavy atom. The lowest BCUT2D eigenvalue weighted by molar-refractivity contribution is -0.113. The lowest BCUT2D eigenvalue weighted by Crippen LogP contribution is -2.27. The van der Waals surface area contributed by atoms with Gasteiger partial charge >= 0.3 is 0 Å². The van der Waals surface area contributed by atoms with Gasteiger partial charge in [-0.15, -0.1) is 11.3 Å². The molecular weight excluding hydrogens is 384 g/mol. The fourth-order valence-corrected chi connectivity index (χ4v) is 4.00. The highest BCUT2D eigenvalue weighted by atomic mass is 32.2. The van der Waals surface area contributed by atoms with Gasteiger partial charge in [0.25, 0.3) is 11.5 Å². The number of benzene rings is 1. The van der Waals surface area contributed by atoms with Crippen LogP contribution >= 0.6 is 23.1 Å². The summed E-state index contributed by atoms with van der Waals surface area (Å²) in [5.74, 6) is -0.394. The van der Waals surface area contributed by atoms with Crippen molar-refractivity contribution in [3.8, 4) is 0 Å². The number of thioether (sulfide) groups is 1. The molecule has 138 valence electrons. The van der Waals surface area contributed by atoms with Gasteiger partial charge in [0.15, 0.2) is 5.16 Å². The van der Waals surface area contributed by atoms with E-state index in [1.54, 1.807) is 35.7 Å². The summed E-state index contributed by atoms with van der Waals surface area (Å²) in [6, 6.07) is 8.87. The number of nitrogens with one attached hydrogen (secondary N) is 3. The molecule has 0 radical (unpaired) electrons. The molecular formula is C18H16N4O3S2. The number of para-hydroxylation sites is 1. The number of nitrogens with zero attached hydrogens (tertiary/aromatic N) is 1. The monoisotopic (exact) mass is 400 g/mol. The van der Waals surface area contributed by atoms with E-state index in [2.05, 4.69) is 20.6 Å². The Kier molecular flexibility index (Phi) is 4.95. The zero-order chi connectivity index (χ0) is 18.8. The molecule has 0 bridgehead atoms. The van der Waals surface area contributed by atoms with E-state index in [1.807, 2.05) is 0 Å². The van der Waals surface area contributed by atoms with Crippen molar-refractivity contribution in [2.75, 3.05) is 11.1 Å². The number of thiophene rings is 1. The Balaban J connectivity index is 1.41. The molecule has 3 N–H and O–H groups in total. The predicted octanol–water partition coefficient (Wildman–Crippen LogP) is 2.61. The van der Waals surface area contributed by atoms with Crippen LogP contribution in [-0.4, -0.2) is 33.6 Å². The van der Waals surface area contributed by atoms with Gasteiger partial charge in [-0.3, -0.25) is 14.4 Å². The van der Waals surface area contributed by atoms with Crippen LogP contribution in [-0.2, 0) is 4.79 Å². The van der Waals surface area contributed by atoms with Gasteiger partial charge in [-0.2, -0.15) is 0 Å². The van der Waals surface area contributed by atoms with E-state index in [1.165, 1.54) is 11.3 Å². The number of anilines is 1. The van der Waals surface area contributed by atoms with Crippen LogP contribution in [0, 0.1) is 0 Å². The Bertz CT molecular complexity index is 1070. The van der Waals surface area contributed by atoms with Gasteiger partial charge in [0.1, 0.15) is 4.83 Å². The number of hydrogen-bond donors (Lipinski definition) is 3. The Labute approximate surface area is 162 Å². The number of fused-ring (bicyclic) bond motifs is 1. The Hall–Kier alpha value is -2.65. The van der Waals surface area contributed by atoms with Crippen LogP contribution in [0.5, 0.6) is 0 Å². The molecule has 7 nitrogen and oxygen atoms in total. The van der Waals surface area contributed by atoms with E-state index in [9.17, 15) is 14.4 Å². The summed E-state index contributed by atoms with van der Waals surface area (Å²) in [4.78, 5) is 44.2. The highest BCUT2D eigenvalue weighted by Gasteiger charge is 2.25. The van der Waals surface area contributed by atoms with Crippen molar-refractivity contribution in [2.45, 2.75) is 24.0 Å². The standard InChI is InChI=1S/C18H16N4O3S2/c23-14(9-27-18-21-16(25)12-7-8-26-17(12)22-18)20-13-4-2-1-3-11(13)15(24)19-10-5-6-10/h1-4,7-8,10H,5-6,9H2,(H,19,24)(H,20,23)(H,21,22,25). The van der Waals surface area contributed by atoms with Crippen molar-refractivity contribution in [3.05, 3.63) is 51.6 Å². The summed E-state index contributed by atoms with van der Waals surface area (Å²) in [6.07, 6.45) is 1.99. The first-order chi connectivity index (χ1) is 13.1. The Morgan fingerprint density at radius 1 is 1.26 bits per heavy atom. The van der Waals surface area contributed by atoms with Crippen molar-refractivity contribution >= 4 is 50.8 Å². The van der Waals surface area contributed by atoms with E-state index in [-0.39, 0.29) is 29.2 Å². The summed E-state index contributed by atoms with van der Waals surface area (Å²) < 4.78 is 0. The van der Waals surface area contributed by atoms with Crippen LogP contribution in [0.2, 0.25) is 0 Å². The van der Waals surface area contributed by atoms with Gasteiger partial charge in [0.05, 0.1) is 22.4 Å². The molecule has 3 aromatic rings. The number of aromatic nitrogens is 2. The zero-order valence-electron chi connectivity index (χ0n) is 14.2. The van der Waals surface area contributed by atoms with Gasteiger partial charge in [-0.1, -0.05) is 23.9 Å². The van der Waals surface area contributed by atoms with Gasteiger partial charge in [0, 0.05) is 6.04 Å². The van der Waals surface area contributed by atoms with E-state index >= 15 is 0 Å². The third kappa shape index (κ3) is 4.20. The lowest BCUT2D eigenvalue weighted by atomic mass is 10.1. The number of rotatable bonds is 6. The molecule has 0 atom stereocenters. The summed E-state index contributed by atoms with van der Waals surface area (Å²) in [7, 11) is 0. The maximum atomic E-state index is 12.3. The fourth-order valence-electron chi connectivity index (χ4n) is 2.51. The lowest BCUT2D eigenvalue weighted by Gasteiger charge is -2.11. The maximum Gasteiger partial charge on any atom is 0.260 e. The molecule has 1 aliphatic rings.